The van der Waals surface area contributed by atoms with Gasteiger partial charge in [0.15, 0.2) is 0 Å². The molecule has 0 unspecified atom stereocenters. The number of hydrogen-bond donors (Lipinski definition) is 1. The lowest BCUT2D eigenvalue weighted by molar-refractivity contribution is 0.0599. The number of thiazole rings is 1. The molecule has 164 valence electrons. The predicted octanol–water partition coefficient (Wildman–Crippen LogP) is 4.18. The van der Waals surface area contributed by atoms with Gasteiger partial charge in [-0.25, -0.2) is 27.3 Å². The molecule has 2 aromatic carbocycles. The summed E-state index contributed by atoms with van der Waals surface area (Å²) in [5.74, 6) is -0.891. The fraction of sp³-hybridized carbons (Fsp3) is 0.273. The lowest BCUT2D eigenvalue weighted by atomic mass is 10.0. The number of aromatic nitrogens is 1. The Morgan fingerprint density at radius 2 is 1.84 bits per heavy atom. The van der Waals surface area contributed by atoms with E-state index in [2.05, 4.69) is 9.71 Å². The highest BCUT2D eigenvalue weighted by molar-refractivity contribution is 7.89. The van der Waals surface area contributed by atoms with Gasteiger partial charge >= 0.3 is 5.97 Å². The summed E-state index contributed by atoms with van der Waals surface area (Å²) in [6.45, 7) is 5.56. The third-order valence-corrected chi connectivity index (χ3v) is 7.50. The molecule has 0 amide bonds. The number of rotatable bonds is 7. The summed E-state index contributed by atoms with van der Waals surface area (Å²) in [5.41, 5.74) is 3.18. The van der Waals surface area contributed by atoms with Gasteiger partial charge in [-0.05, 0) is 68.3 Å². The van der Waals surface area contributed by atoms with Crippen molar-refractivity contribution < 1.29 is 22.3 Å². The number of aryl methyl sites for hydroxylation is 2. The summed E-state index contributed by atoms with van der Waals surface area (Å²) in [7, 11) is -2.56. The molecule has 0 fully saturated rings. The van der Waals surface area contributed by atoms with Crippen molar-refractivity contribution in [1.29, 1.82) is 0 Å². The van der Waals surface area contributed by atoms with E-state index >= 15 is 0 Å². The van der Waals surface area contributed by atoms with Gasteiger partial charge in [0.05, 0.1) is 23.3 Å². The van der Waals surface area contributed by atoms with Crippen molar-refractivity contribution in [2.24, 2.45) is 0 Å². The Morgan fingerprint density at radius 3 is 2.48 bits per heavy atom. The van der Waals surface area contributed by atoms with E-state index in [4.69, 9.17) is 4.74 Å². The summed E-state index contributed by atoms with van der Waals surface area (Å²) >= 11 is 1.48. The lowest BCUT2D eigenvalue weighted by Crippen LogP contribution is -2.26. The van der Waals surface area contributed by atoms with Crippen LogP contribution in [0.1, 0.15) is 32.1 Å². The van der Waals surface area contributed by atoms with Gasteiger partial charge in [0, 0.05) is 23.4 Å². The minimum atomic E-state index is -3.82. The van der Waals surface area contributed by atoms with Crippen molar-refractivity contribution in [1.82, 2.24) is 9.71 Å². The van der Waals surface area contributed by atoms with Gasteiger partial charge in [-0.2, -0.15) is 0 Å². The quantitative estimate of drug-likeness (QED) is 0.533. The SMILES string of the molecule is COC(=O)c1cc(S(=O)(=O)NCCc2nc(-c3ccc(F)cc3)sc2C)cc(C)c1C. The van der Waals surface area contributed by atoms with E-state index in [1.807, 2.05) is 6.92 Å². The topological polar surface area (TPSA) is 85.4 Å². The molecule has 0 spiro atoms. The second-order valence-electron chi connectivity index (χ2n) is 7.08. The number of carbonyl (C=O) groups excluding carboxylic acids is 1. The second kappa shape index (κ2) is 9.25. The minimum Gasteiger partial charge on any atom is -0.465 e. The van der Waals surface area contributed by atoms with Crippen molar-refractivity contribution >= 4 is 27.3 Å². The summed E-state index contributed by atoms with van der Waals surface area (Å²) in [4.78, 5) is 17.5. The minimum absolute atomic E-state index is 0.0120. The maximum Gasteiger partial charge on any atom is 0.338 e. The Kier molecular flexibility index (Phi) is 6.88. The van der Waals surface area contributed by atoms with Crippen molar-refractivity contribution in [2.75, 3.05) is 13.7 Å². The van der Waals surface area contributed by atoms with Gasteiger partial charge in [-0.3, -0.25) is 0 Å². The zero-order valence-electron chi connectivity index (χ0n) is 17.7. The summed E-state index contributed by atoms with van der Waals surface area (Å²) in [6, 6.07) is 8.96. The Balaban J connectivity index is 1.74. The number of ether oxygens (including phenoxy) is 1. The van der Waals surface area contributed by atoms with Gasteiger partial charge in [0.25, 0.3) is 0 Å². The van der Waals surface area contributed by atoms with Gasteiger partial charge in [-0.15, -0.1) is 11.3 Å². The number of sulfonamides is 1. The molecule has 0 atom stereocenters. The van der Waals surface area contributed by atoms with Gasteiger partial charge in [0.1, 0.15) is 10.8 Å². The van der Waals surface area contributed by atoms with E-state index < -0.39 is 16.0 Å². The molecule has 9 heteroatoms. The van der Waals surface area contributed by atoms with E-state index in [9.17, 15) is 17.6 Å². The zero-order chi connectivity index (χ0) is 22.8. The number of nitrogens with one attached hydrogen (secondary N) is 1. The number of methoxy groups -OCH3 is 1. The van der Waals surface area contributed by atoms with E-state index in [1.165, 1.54) is 42.7 Å². The Labute approximate surface area is 185 Å². The monoisotopic (exact) mass is 462 g/mol. The lowest BCUT2D eigenvalue weighted by Gasteiger charge is -2.12. The van der Waals surface area contributed by atoms with Crippen LogP contribution in [0, 0.1) is 26.6 Å². The largest absolute Gasteiger partial charge is 0.465 e. The van der Waals surface area contributed by atoms with E-state index in [1.54, 1.807) is 26.0 Å². The molecule has 0 radical (unpaired) electrons. The highest BCUT2D eigenvalue weighted by atomic mass is 32.2. The van der Waals surface area contributed by atoms with Crippen LogP contribution in [-0.4, -0.2) is 33.0 Å². The Hall–Kier alpha value is -2.62. The van der Waals surface area contributed by atoms with E-state index in [0.717, 1.165) is 21.1 Å². The normalized spacial score (nSPS) is 11.5. The number of nitrogens with zero attached hydrogens (tertiary/aromatic N) is 1. The summed E-state index contributed by atoms with van der Waals surface area (Å²) in [5, 5.41) is 0.757. The van der Waals surface area contributed by atoms with Gasteiger partial charge < -0.3 is 4.74 Å². The molecular formula is C22H23FN2O4S2. The van der Waals surface area contributed by atoms with E-state index in [-0.39, 0.29) is 22.8 Å². The molecular weight excluding hydrogens is 439 g/mol. The first-order chi connectivity index (χ1) is 14.6. The molecule has 1 heterocycles. The molecule has 0 saturated carbocycles. The van der Waals surface area contributed by atoms with Crippen molar-refractivity contribution in [2.45, 2.75) is 32.1 Å². The maximum absolute atomic E-state index is 13.1. The summed E-state index contributed by atoms with van der Waals surface area (Å²) in [6.07, 6.45) is 0.400. The van der Waals surface area contributed by atoms with Crippen LogP contribution < -0.4 is 4.72 Å². The molecule has 1 aromatic heterocycles. The zero-order valence-corrected chi connectivity index (χ0v) is 19.3. The van der Waals surface area contributed by atoms with Crippen LogP contribution in [0.2, 0.25) is 0 Å². The first kappa shape index (κ1) is 23.1. The fourth-order valence-electron chi connectivity index (χ4n) is 3.07. The number of esters is 1. The summed E-state index contributed by atoms with van der Waals surface area (Å²) < 4.78 is 46.0. The first-order valence-corrected chi connectivity index (χ1v) is 11.8. The Bertz CT molecular complexity index is 1220. The highest BCUT2D eigenvalue weighted by Gasteiger charge is 2.20. The average Bonchev–Trinajstić information content (AvgIpc) is 3.10. The molecule has 0 aliphatic heterocycles. The van der Waals surface area contributed by atoms with E-state index in [0.29, 0.717) is 17.5 Å². The third kappa shape index (κ3) is 5.17. The molecule has 3 aromatic rings. The number of carbonyl (C=O) groups is 1. The van der Waals surface area contributed by atoms with Crippen LogP contribution in [0.3, 0.4) is 0 Å². The molecule has 0 aliphatic rings. The molecule has 3 rings (SSSR count). The third-order valence-electron chi connectivity index (χ3n) is 4.99. The van der Waals surface area contributed by atoms with Gasteiger partial charge in [-0.1, -0.05) is 0 Å². The predicted molar refractivity (Wildman–Crippen MR) is 118 cm³/mol. The fourth-order valence-corrected chi connectivity index (χ4v) is 5.17. The maximum atomic E-state index is 13.1. The molecule has 6 nitrogen and oxygen atoms in total. The van der Waals surface area contributed by atoms with Crippen LogP contribution in [0.5, 0.6) is 0 Å². The first-order valence-electron chi connectivity index (χ1n) is 9.54. The Morgan fingerprint density at radius 1 is 1.16 bits per heavy atom. The van der Waals surface area contributed by atoms with Crippen molar-refractivity contribution in [3.8, 4) is 10.6 Å². The smallest absolute Gasteiger partial charge is 0.338 e. The molecule has 0 saturated heterocycles. The van der Waals surface area contributed by atoms with Crippen LogP contribution in [0.25, 0.3) is 10.6 Å². The standard InChI is InChI=1S/C22H23FN2O4S2/c1-13-11-18(12-19(14(13)2)22(26)29-4)31(27,28)24-10-9-20-15(3)30-21(25-20)16-5-7-17(23)8-6-16/h5-8,11-12,24H,9-10H2,1-4H3. The second-order valence-corrected chi connectivity index (χ2v) is 10.1. The van der Waals surface area contributed by atoms with Crippen LogP contribution in [0.4, 0.5) is 4.39 Å². The van der Waals surface area contributed by atoms with Crippen LogP contribution in [0.15, 0.2) is 41.3 Å². The van der Waals surface area contributed by atoms with Crippen LogP contribution >= 0.6 is 11.3 Å². The number of halogens is 1. The highest BCUT2D eigenvalue weighted by Crippen LogP contribution is 2.28. The van der Waals surface area contributed by atoms with Crippen molar-refractivity contribution in [3.63, 3.8) is 0 Å². The molecule has 0 bridgehead atoms. The number of hydrogen-bond acceptors (Lipinski definition) is 6. The average molecular weight is 463 g/mol. The van der Waals surface area contributed by atoms with Crippen molar-refractivity contribution in [3.05, 3.63) is 69.5 Å². The number of benzene rings is 2. The molecule has 1 N–H and O–H groups in total. The molecule has 31 heavy (non-hydrogen) atoms. The van der Waals surface area contributed by atoms with Crippen LogP contribution in [-0.2, 0) is 21.2 Å². The van der Waals surface area contributed by atoms with Gasteiger partial charge in [0.2, 0.25) is 10.0 Å². The molecule has 0 aliphatic carbocycles.